The molecule has 3 aromatic rings. The van der Waals surface area contributed by atoms with E-state index in [0.29, 0.717) is 18.1 Å². The van der Waals surface area contributed by atoms with Crippen molar-refractivity contribution in [1.82, 2.24) is 14.9 Å². The molecule has 0 saturated heterocycles. The molecule has 5 nitrogen and oxygen atoms in total. The molecule has 27 heavy (non-hydrogen) atoms. The normalized spacial score (nSPS) is 14.6. The number of fused-ring (bicyclic) bond motifs is 1. The van der Waals surface area contributed by atoms with Crippen LogP contribution in [0.15, 0.2) is 47.1 Å². The number of benzene rings is 1. The molecule has 0 unspecified atom stereocenters. The van der Waals surface area contributed by atoms with Gasteiger partial charge in [0.05, 0.1) is 4.47 Å². The molecule has 2 aromatic heterocycles. The highest BCUT2D eigenvalue weighted by molar-refractivity contribution is 9.10. The molecule has 1 aliphatic rings. The Labute approximate surface area is 166 Å². The molecule has 1 N–H and O–H groups in total. The van der Waals surface area contributed by atoms with E-state index in [4.69, 9.17) is 4.74 Å². The molecule has 4 rings (SSSR count). The van der Waals surface area contributed by atoms with Crippen LogP contribution in [0, 0.1) is 0 Å². The number of amides is 1. The van der Waals surface area contributed by atoms with E-state index >= 15 is 0 Å². The molecular weight excluding hydrogens is 406 g/mol. The minimum Gasteiger partial charge on any atom is -0.474 e. The van der Waals surface area contributed by atoms with Gasteiger partial charge in [-0.15, -0.1) is 0 Å². The number of pyridine rings is 1. The van der Waals surface area contributed by atoms with Gasteiger partial charge in [-0.2, -0.15) is 0 Å². The maximum atomic E-state index is 12.8. The van der Waals surface area contributed by atoms with Gasteiger partial charge in [0.2, 0.25) is 5.88 Å². The predicted octanol–water partition coefficient (Wildman–Crippen LogP) is 4.59. The van der Waals surface area contributed by atoms with Crippen molar-refractivity contribution in [2.45, 2.75) is 38.3 Å². The molecule has 1 amide bonds. The molecule has 1 aromatic carbocycles. The molecule has 140 valence electrons. The Morgan fingerprint density at radius 3 is 2.85 bits per heavy atom. The number of hydrogen-bond acceptors (Lipinski definition) is 3. The van der Waals surface area contributed by atoms with E-state index in [1.165, 1.54) is 12.8 Å². The molecule has 0 atom stereocenters. The van der Waals surface area contributed by atoms with Crippen molar-refractivity contribution in [3.8, 4) is 5.88 Å². The zero-order valence-corrected chi connectivity index (χ0v) is 16.8. The van der Waals surface area contributed by atoms with Gasteiger partial charge in [0.1, 0.15) is 11.8 Å². The number of aryl methyl sites for hydroxylation is 1. The topological polar surface area (TPSA) is 56.2 Å². The molecule has 2 heterocycles. The molecule has 1 aliphatic carbocycles. The number of nitrogens with one attached hydrogen (secondary N) is 1. The van der Waals surface area contributed by atoms with E-state index < -0.39 is 0 Å². The summed E-state index contributed by atoms with van der Waals surface area (Å²) in [5, 5.41) is 4.03. The number of para-hydroxylation sites is 1. The quantitative estimate of drug-likeness (QED) is 0.647. The van der Waals surface area contributed by atoms with Gasteiger partial charge in [0.15, 0.2) is 0 Å². The summed E-state index contributed by atoms with van der Waals surface area (Å²) in [6, 6.07) is 11.8. The average molecular weight is 428 g/mol. The zero-order valence-electron chi connectivity index (χ0n) is 15.2. The maximum Gasteiger partial charge on any atom is 0.269 e. The predicted molar refractivity (Wildman–Crippen MR) is 109 cm³/mol. The SMILES string of the molecule is Cn1c(C(=O)NCc2ccnc(OC3CCCC3)c2)c(Br)c2ccccc21. The van der Waals surface area contributed by atoms with Crippen LogP contribution in [-0.2, 0) is 13.6 Å². The van der Waals surface area contributed by atoms with Gasteiger partial charge < -0.3 is 14.6 Å². The summed E-state index contributed by atoms with van der Waals surface area (Å²) in [5.41, 5.74) is 2.61. The Morgan fingerprint density at radius 2 is 2.07 bits per heavy atom. The maximum absolute atomic E-state index is 12.8. The molecule has 1 saturated carbocycles. The first-order valence-corrected chi connectivity index (χ1v) is 10.1. The van der Waals surface area contributed by atoms with E-state index in [1.807, 2.05) is 48.0 Å². The zero-order chi connectivity index (χ0) is 18.8. The number of aromatic nitrogens is 2. The summed E-state index contributed by atoms with van der Waals surface area (Å²) >= 11 is 3.58. The van der Waals surface area contributed by atoms with Crippen LogP contribution in [0.1, 0.15) is 41.7 Å². The van der Waals surface area contributed by atoms with Crippen LogP contribution in [0.4, 0.5) is 0 Å². The standard InChI is InChI=1S/C21H22BrN3O2/c1-25-17-9-5-4-8-16(17)19(22)20(25)21(26)24-13-14-10-11-23-18(12-14)27-15-6-2-3-7-15/h4-5,8-12,15H,2-3,6-7,13H2,1H3,(H,24,26). The number of carbonyl (C=O) groups is 1. The number of hydrogen-bond donors (Lipinski definition) is 1. The largest absolute Gasteiger partial charge is 0.474 e. The van der Waals surface area contributed by atoms with Gasteiger partial charge in [-0.25, -0.2) is 4.98 Å². The molecule has 1 fully saturated rings. The second-order valence-corrected chi connectivity index (χ2v) is 7.74. The third-order valence-corrected chi connectivity index (χ3v) is 5.90. The van der Waals surface area contributed by atoms with Crippen molar-refractivity contribution in [3.63, 3.8) is 0 Å². The Kier molecular flexibility index (Phi) is 5.16. The Balaban J connectivity index is 1.47. The van der Waals surface area contributed by atoms with Crippen molar-refractivity contribution in [1.29, 1.82) is 0 Å². The van der Waals surface area contributed by atoms with Crippen LogP contribution in [0.2, 0.25) is 0 Å². The van der Waals surface area contributed by atoms with Crippen molar-refractivity contribution >= 4 is 32.7 Å². The van der Waals surface area contributed by atoms with Gasteiger partial charge >= 0.3 is 0 Å². The van der Waals surface area contributed by atoms with Gasteiger partial charge in [0.25, 0.3) is 5.91 Å². The highest BCUT2D eigenvalue weighted by Gasteiger charge is 2.19. The Morgan fingerprint density at radius 1 is 1.30 bits per heavy atom. The van der Waals surface area contributed by atoms with Crippen LogP contribution in [-0.4, -0.2) is 21.6 Å². The van der Waals surface area contributed by atoms with Crippen molar-refractivity contribution < 1.29 is 9.53 Å². The summed E-state index contributed by atoms with van der Waals surface area (Å²) in [5.74, 6) is 0.523. The van der Waals surface area contributed by atoms with Crippen molar-refractivity contribution in [3.05, 3.63) is 58.3 Å². The summed E-state index contributed by atoms with van der Waals surface area (Å²) in [6.07, 6.45) is 6.64. The Bertz CT molecular complexity index is 938. The molecule has 0 bridgehead atoms. The lowest BCUT2D eigenvalue weighted by molar-refractivity contribution is 0.0942. The van der Waals surface area contributed by atoms with Gasteiger partial charge in [-0.3, -0.25) is 4.79 Å². The third-order valence-electron chi connectivity index (χ3n) is 5.10. The van der Waals surface area contributed by atoms with E-state index in [9.17, 15) is 4.79 Å². The van der Waals surface area contributed by atoms with E-state index in [2.05, 4.69) is 26.2 Å². The fourth-order valence-electron chi connectivity index (χ4n) is 3.67. The third kappa shape index (κ3) is 3.72. The summed E-state index contributed by atoms with van der Waals surface area (Å²) in [4.78, 5) is 17.1. The highest BCUT2D eigenvalue weighted by atomic mass is 79.9. The smallest absolute Gasteiger partial charge is 0.269 e. The lowest BCUT2D eigenvalue weighted by Gasteiger charge is -2.13. The summed E-state index contributed by atoms with van der Waals surface area (Å²) in [7, 11) is 1.90. The fraction of sp³-hybridized carbons (Fsp3) is 0.333. The first-order valence-electron chi connectivity index (χ1n) is 9.26. The minimum absolute atomic E-state index is 0.115. The monoisotopic (exact) mass is 427 g/mol. The molecule has 0 aliphatic heterocycles. The van der Waals surface area contributed by atoms with E-state index in [0.717, 1.165) is 33.8 Å². The first kappa shape index (κ1) is 18.0. The highest BCUT2D eigenvalue weighted by Crippen LogP contribution is 2.30. The van der Waals surface area contributed by atoms with Crippen LogP contribution < -0.4 is 10.1 Å². The van der Waals surface area contributed by atoms with E-state index in [1.54, 1.807) is 6.20 Å². The van der Waals surface area contributed by atoms with E-state index in [-0.39, 0.29) is 12.0 Å². The molecule has 0 radical (unpaired) electrons. The number of carbonyl (C=O) groups excluding carboxylic acids is 1. The lowest BCUT2D eigenvalue weighted by atomic mass is 10.2. The molecule has 6 heteroatoms. The fourth-order valence-corrected chi connectivity index (χ4v) is 4.45. The van der Waals surface area contributed by atoms with Crippen LogP contribution >= 0.6 is 15.9 Å². The minimum atomic E-state index is -0.115. The number of ether oxygens (including phenoxy) is 1. The summed E-state index contributed by atoms with van der Waals surface area (Å²) in [6.45, 7) is 0.427. The number of nitrogens with zero attached hydrogens (tertiary/aromatic N) is 2. The molecule has 0 spiro atoms. The van der Waals surface area contributed by atoms with Crippen LogP contribution in [0.5, 0.6) is 5.88 Å². The lowest BCUT2D eigenvalue weighted by Crippen LogP contribution is -2.25. The summed E-state index contributed by atoms with van der Waals surface area (Å²) < 4.78 is 8.68. The average Bonchev–Trinajstić information content (AvgIpc) is 3.27. The van der Waals surface area contributed by atoms with Gasteiger partial charge in [-0.05, 0) is 59.3 Å². The van der Waals surface area contributed by atoms with Gasteiger partial charge in [0, 0.05) is 36.8 Å². The van der Waals surface area contributed by atoms with Crippen molar-refractivity contribution in [2.75, 3.05) is 0 Å². The first-order chi connectivity index (χ1) is 13.1. The van der Waals surface area contributed by atoms with Gasteiger partial charge in [-0.1, -0.05) is 18.2 Å². The number of rotatable bonds is 5. The Hall–Kier alpha value is -2.34. The van der Waals surface area contributed by atoms with Crippen LogP contribution in [0.3, 0.4) is 0 Å². The molecular formula is C21H22BrN3O2. The second-order valence-electron chi connectivity index (χ2n) is 6.95. The van der Waals surface area contributed by atoms with Crippen LogP contribution in [0.25, 0.3) is 10.9 Å². The second kappa shape index (κ2) is 7.72. The van der Waals surface area contributed by atoms with Crippen molar-refractivity contribution in [2.24, 2.45) is 7.05 Å². The number of halogens is 1.